The summed E-state index contributed by atoms with van der Waals surface area (Å²) in [4.78, 5) is 0. The van der Waals surface area contributed by atoms with E-state index >= 15 is 0 Å². The van der Waals surface area contributed by atoms with Crippen molar-refractivity contribution < 1.29 is 13.2 Å². The third-order valence-corrected chi connectivity index (χ3v) is 6.53. The third-order valence-electron chi connectivity index (χ3n) is 6.53. The van der Waals surface area contributed by atoms with E-state index in [0.29, 0.717) is 0 Å². The molecule has 0 spiro atoms. The molecule has 0 radical (unpaired) electrons. The molecule has 0 unspecified atom stereocenters. The van der Waals surface area contributed by atoms with Gasteiger partial charge in [0.15, 0.2) is 0 Å². The van der Waals surface area contributed by atoms with Crippen molar-refractivity contribution >= 4 is 0 Å². The lowest BCUT2D eigenvalue weighted by Crippen LogP contribution is -1.97. The van der Waals surface area contributed by atoms with Gasteiger partial charge >= 0.3 is 0 Å². The lowest BCUT2D eigenvalue weighted by molar-refractivity contribution is 0.627. The van der Waals surface area contributed by atoms with Crippen molar-refractivity contribution in [3.05, 3.63) is 132 Å². The predicted molar refractivity (Wildman–Crippen MR) is 131 cm³/mol. The molecule has 3 heteroatoms. The average Bonchev–Trinajstić information content (AvgIpc) is 3.23. The maximum Gasteiger partial charge on any atom is 0.123 e. The molecule has 0 N–H and O–H groups in total. The molecule has 0 aliphatic heterocycles. The van der Waals surface area contributed by atoms with Gasteiger partial charge in [-0.25, -0.2) is 13.2 Å². The van der Waals surface area contributed by atoms with E-state index < -0.39 is 0 Å². The van der Waals surface area contributed by atoms with Crippen LogP contribution in [-0.4, -0.2) is 0 Å². The van der Waals surface area contributed by atoms with E-state index in [-0.39, 0.29) is 17.5 Å². The molecule has 0 aromatic heterocycles. The third kappa shape index (κ3) is 3.41. The van der Waals surface area contributed by atoms with Crippen molar-refractivity contribution in [2.45, 2.75) is 6.42 Å². The molecule has 0 amide bonds. The zero-order valence-corrected chi connectivity index (χ0v) is 18.2. The van der Waals surface area contributed by atoms with E-state index in [2.05, 4.69) is 18.2 Å². The van der Waals surface area contributed by atoms with Crippen LogP contribution in [0.25, 0.3) is 44.5 Å². The average molecular weight is 448 g/mol. The lowest BCUT2D eigenvalue weighted by Gasteiger charge is -2.21. The second kappa shape index (κ2) is 8.03. The normalized spacial score (nSPS) is 11.9. The first kappa shape index (κ1) is 20.5. The highest BCUT2D eigenvalue weighted by atomic mass is 19.1. The molecule has 5 aromatic carbocycles. The zero-order valence-electron chi connectivity index (χ0n) is 18.2. The molecule has 0 fully saturated rings. The van der Waals surface area contributed by atoms with E-state index in [4.69, 9.17) is 0 Å². The largest absolute Gasteiger partial charge is 0.207 e. The minimum Gasteiger partial charge on any atom is -0.207 e. The smallest absolute Gasteiger partial charge is 0.123 e. The van der Waals surface area contributed by atoms with Crippen LogP contribution in [0.2, 0.25) is 0 Å². The Morgan fingerprint density at radius 2 is 0.941 bits per heavy atom. The first-order valence-corrected chi connectivity index (χ1v) is 11.1. The van der Waals surface area contributed by atoms with Crippen molar-refractivity contribution in [3.63, 3.8) is 0 Å². The molecule has 164 valence electrons. The molecule has 5 aromatic rings. The fourth-order valence-electron chi connectivity index (χ4n) is 4.98. The summed E-state index contributed by atoms with van der Waals surface area (Å²) < 4.78 is 41.5. The maximum absolute atomic E-state index is 13.9. The van der Waals surface area contributed by atoms with Gasteiger partial charge in [-0.15, -0.1) is 0 Å². The number of halogens is 3. The van der Waals surface area contributed by atoms with Gasteiger partial charge in [0.25, 0.3) is 0 Å². The number of hydrogen-bond acceptors (Lipinski definition) is 0. The first-order chi connectivity index (χ1) is 16.6. The minimum atomic E-state index is -0.316. The maximum atomic E-state index is 13.9. The highest BCUT2D eigenvalue weighted by Crippen LogP contribution is 2.50. The zero-order chi connectivity index (χ0) is 23.2. The Hall–Kier alpha value is -4.11. The number of fused-ring (bicyclic) bond motifs is 3. The first-order valence-electron chi connectivity index (χ1n) is 11.1. The SMILES string of the molecule is Fc1ccc(-c2cc3c(c(-c4ccc(F)cc4)c2-c2ccc(F)cc2)Cc2ccccc2-3)cc1. The summed E-state index contributed by atoms with van der Waals surface area (Å²) in [6.07, 6.45) is 0.746. The van der Waals surface area contributed by atoms with Gasteiger partial charge < -0.3 is 0 Å². The summed E-state index contributed by atoms with van der Waals surface area (Å²) >= 11 is 0. The van der Waals surface area contributed by atoms with Gasteiger partial charge in [-0.2, -0.15) is 0 Å². The van der Waals surface area contributed by atoms with Crippen LogP contribution in [-0.2, 0) is 6.42 Å². The van der Waals surface area contributed by atoms with Crippen LogP contribution in [0, 0.1) is 17.5 Å². The highest BCUT2D eigenvalue weighted by molar-refractivity contribution is 6.01. The Morgan fingerprint density at radius 3 is 1.53 bits per heavy atom. The summed E-state index contributed by atoms with van der Waals surface area (Å²) in [5, 5.41) is 0. The van der Waals surface area contributed by atoms with E-state index in [1.54, 1.807) is 36.4 Å². The number of rotatable bonds is 3. The molecule has 0 saturated heterocycles. The van der Waals surface area contributed by atoms with Crippen LogP contribution < -0.4 is 0 Å². The Labute approximate surface area is 196 Å². The van der Waals surface area contributed by atoms with Crippen LogP contribution in [0.1, 0.15) is 11.1 Å². The number of benzene rings is 5. The van der Waals surface area contributed by atoms with E-state index in [1.165, 1.54) is 42.0 Å². The van der Waals surface area contributed by atoms with Gasteiger partial charge in [0.2, 0.25) is 0 Å². The van der Waals surface area contributed by atoms with Crippen molar-refractivity contribution in [2.75, 3.05) is 0 Å². The summed E-state index contributed by atoms with van der Waals surface area (Å²) in [7, 11) is 0. The van der Waals surface area contributed by atoms with Crippen LogP contribution in [0.3, 0.4) is 0 Å². The van der Waals surface area contributed by atoms with Crippen molar-refractivity contribution in [1.82, 2.24) is 0 Å². The molecule has 0 bridgehead atoms. The molecular weight excluding hydrogens is 429 g/mol. The fourth-order valence-corrected chi connectivity index (χ4v) is 4.98. The van der Waals surface area contributed by atoms with Gasteiger partial charge in [-0.05, 0) is 105 Å². The molecule has 6 rings (SSSR count). The Morgan fingerprint density at radius 1 is 0.441 bits per heavy atom. The summed E-state index contributed by atoms with van der Waals surface area (Å²) in [5.74, 6) is -0.928. The van der Waals surface area contributed by atoms with Crippen LogP contribution in [0.5, 0.6) is 0 Å². The highest BCUT2D eigenvalue weighted by Gasteiger charge is 2.27. The summed E-state index contributed by atoms with van der Waals surface area (Å²) in [6.45, 7) is 0. The second-order valence-corrected chi connectivity index (χ2v) is 8.55. The van der Waals surface area contributed by atoms with Crippen LogP contribution >= 0.6 is 0 Å². The van der Waals surface area contributed by atoms with Crippen molar-refractivity contribution in [1.29, 1.82) is 0 Å². The van der Waals surface area contributed by atoms with Gasteiger partial charge in [-0.1, -0.05) is 60.7 Å². The van der Waals surface area contributed by atoms with Gasteiger partial charge in [0.1, 0.15) is 17.5 Å². The molecule has 0 nitrogen and oxygen atoms in total. The summed E-state index contributed by atoms with van der Waals surface area (Å²) in [5.41, 5.74) is 10.1. The van der Waals surface area contributed by atoms with Crippen LogP contribution in [0.15, 0.2) is 103 Å². The molecule has 0 heterocycles. The Bertz CT molecular complexity index is 1510. The van der Waals surface area contributed by atoms with E-state index in [1.807, 2.05) is 12.1 Å². The summed E-state index contributed by atoms with van der Waals surface area (Å²) in [6, 6.07) is 29.8. The quantitative estimate of drug-likeness (QED) is 0.254. The lowest BCUT2D eigenvalue weighted by atomic mass is 9.82. The standard InChI is InChI=1S/C31H19F3/c32-23-11-5-19(6-12-23)27-18-28-26-4-2-1-3-22(26)17-29(28)31(21-9-15-25(34)16-10-21)30(27)20-7-13-24(33)14-8-20/h1-16,18H,17H2. The van der Waals surface area contributed by atoms with E-state index in [0.717, 1.165) is 56.5 Å². The molecule has 0 saturated carbocycles. The van der Waals surface area contributed by atoms with Gasteiger partial charge in [0.05, 0.1) is 0 Å². The Balaban J connectivity index is 1.75. The predicted octanol–water partition coefficient (Wildman–Crippen LogP) is 8.68. The molecule has 34 heavy (non-hydrogen) atoms. The topological polar surface area (TPSA) is 0 Å². The van der Waals surface area contributed by atoms with E-state index in [9.17, 15) is 13.2 Å². The molecule has 1 aliphatic rings. The molecule has 0 atom stereocenters. The molecular formula is C31H19F3. The van der Waals surface area contributed by atoms with Crippen LogP contribution in [0.4, 0.5) is 13.2 Å². The van der Waals surface area contributed by atoms with Gasteiger partial charge in [0, 0.05) is 0 Å². The monoisotopic (exact) mass is 448 g/mol. The fraction of sp³-hybridized carbons (Fsp3) is 0.0323. The van der Waals surface area contributed by atoms with Gasteiger partial charge in [-0.3, -0.25) is 0 Å². The molecule has 1 aliphatic carbocycles. The van der Waals surface area contributed by atoms with Crippen molar-refractivity contribution in [3.8, 4) is 44.5 Å². The second-order valence-electron chi connectivity index (χ2n) is 8.55. The van der Waals surface area contributed by atoms with Crippen molar-refractivity contribution in [2.24, 2.45) is 0 Å². The number of hydrogen-bond donors (Lipinski definition) is 0. The minimum absolute atomic E-state index is 0.304. The Kier molecular flexibility index (Phi) is 4.84.